The van der Waals surface area contributed by atoms with Crippen molar-refractivity contribution in [2.45, 2.75) is 82.0 Å². The number of rotatable bonds is 5. The fourth-order valence-electron chi connectivity index (χ4n) is 8.34. The molecule has 0 bridgehead atoms. The molecule has 2 aromatic carbocycles. The maximum atomic E-state index is 15.1. The summed E-state index contributed by atoms with van der Waals surface area (Å²) >= 11 is 0. The Balaban J connectivity index is 1.41. The first-order valence-electron chi connectivity index (χ1n) is 14.4. The lowest BCUT2D eigenvalue weighted by molar-refractivity contribution is -0.362. The van der Waals surface area contributed by atoms with Crippen molar-refractivity contribution in [3.63, 3.8) is 0 Å². The molecule has 3 nitrogen and oxygen atoms in total. The number of nitrogens with one attached hydrogen (secondary N) is 1. The van der Waals surface area contributed by atoms with Gasteiger partial charge in [-0.1, -0.05) is 55.0 Å². The van der Waals surface area contributed by atoms with Gasteiger partial charge in [0.2, 0.25) is 0 Å². The molecule has 0 heterocycles. The van der Waals surface area contributed by atoms with Crippen LogP contribution in [0.2, 0.25) is 0 Å². The number of carbonyl (C=O) groups is 1. The SMILES string of the molecule is C[C@]12C[C@H](c3ccc(CNc4ccccc4)cc3)C3=C4CCC(=O)C=C4CC[C@H]3[C@@H]1CC[C@@]2(O)C(F)(F)C(F)(F)F. The van der Waals surface area contributed by atoms with Gasteiger partial charge >= 0.3 is 12.1 Å². The minimum Gasteiger partial charge on any atom is -0.383 e. The monoisotopic (exact) mass is 571 g/mol. The molecule has 0 saturated heterocycles. The molecule has 41 heavy (non-hydrogen) atoms. The van der Waals surface area contributed by atoms with Crippen molar-refractivity contribution < 1.29 is 31.9 Å². The van der Waals surface area contributed by atoms with Crippen molar-refractivity contribution in [3.8, 4) is 0 Å². The van der Waals surface area contributed by atoms with Gasteiger partial charge in [0.25, 0.3) is 0 Å². The largest absolute Gasteiger partial charge is 0.456 e. The number of alkyl halides is 5. The first kappa shape index (κ1) is 28.1. The predicted molar refractivity (Wildman–Crippen MR) is 146 cm³/mol. The van der Waals surface area contributed by atoms with E-state index in [-0.39, 0.29) is 24.5 Å². The Morgan fingerprint density at radius 1 is 0.951 bits per heavy atom. The molecule has 0 radical (unpaired) electrons. The van der Waals surface area contributed by atoms with Gasteiger partial charge < -0.3 is 10.4 Å². The van der Waals surface area contributed by atoms with E-state index in [1.807, 2.05) is 54.6 Å². The molecule has 218 valence electrons. The first-order chi connectivity index (χ1) is 19.4. The van der Waals surface area contributed by atoms with Crippen molar-refractivity contribution >= 4 is 11.5 Å². The van der Waals surface area contributed by atoms with E-state index in [0.717, 1.165) is 33.5 Å². The highest BCUT2D eigenvalue weighted by molar-refractivity contribution is 5.93. The Bertz CT molecular complexity index is 1400. The maximum absolute atomic E-state index is 15.1. The van der Waals surface area contributed by atoms with Crippen LogP contribution < -0.4 is 5.32 Å². The number of ketones is 1. The lowest BCUT2D eigenvalue weighted by Gasteiger charge is -2.56. The number of aliphatic hydroxyl groups is 1. The summed E-state index contributed by atoms with van der Waals surface area (Å²) in [6.07, 6.45) is -2.59. The standard InChI is InChI=1S/C33H34F5NO2/c1-30-18-27(21-9-7-20(8-10-21)19-39-23-5-3-2-4-6-23)29-25-14-12-24(40)17-22(25)11-13-26(29)28(30)15-16-31(30,41)32(34,35)33(36,37)38/h2-10,17,26-28,39,41H,11-16,18-19H2,1H3/t26-,27+,28-,30-,31-/m0/s1. The molecule has 4 aliphatic carbocycles. The van der Waals surface area contributed by atoms with Crippen LogP contribution in [0.3, 0.4) is 0 Å². The fraction of sp³-hybridized carbons (Fsp3) is 0.485. The number of fused-ring (bicyclic) bond motifs is 4. The van der Waals surface area contributed by atoms with Crippen LogP contribution in [0.1, 0.15) is 68.9 Å². The Hall–Kier alpha value is -3.00. The highest BCUT2D eigenvalue weighted by atomic mass is 19.4. The molecule has 2 N–H and O–H groups in total. The van der Waals surface area contributed by atoms with Crippen LogP contribution in [-0.4, -0.2) is 28.6 Å². The van der Waals surface area contributed by atoms with Gasteiger partial charge in [-0.3, -0.25) is 4.79 Å². The molecule has 6 rings (SSSR count). The van der Waals surface area contributed by atoms with Gasteiger partial charge in [-0.15, -0.1) is 0 Å². The molecular weight excluding hydrogens is 537 g/mol. The van der Waals surface area contributed by atoms with Crippen LogP contribution in [0.4, 0.5) is 27.6 Å². The number of anilines is 1. The number of benzene rings is 2. The lowest BCUT2D eigenvalue weighted by atomic mass is 9.50. The van der Waals surface area contributed by atoms with Crippen LogP contribution >= 0.6 is 0 Å². The van der Waals surface area contributed by atoms with Crippen molar-refractivity contribution in [1.82, 2.24) is 0 Å². The molecule has 0 spiro atoms. The van der Waals surface area contributed by atoms with E-state index < -0.39 is 41.4 Å². The molecular formula is C33H34F5NO2. The second kappa shape index (κ2) is 9.79. The number of carbonyl (C=O) groups excluding carboxylic acids is 1. The minimum atomic E-state index is -5.85. The van der Waals surface area contributed by atoms with Crippen molar-refractivity contribution in [3.05, 3.63) is 88.5 Å². The third-order valence-corrected chi connectivity index (χ3v) is 10.4. The molecule has 8 heteroatoms. The highest BCUT2D eigenvalue weighted by Gasteiger charge is 2.79. The van der Waals surface area contributed by atoms with Gasteiger partial charge in [0, 0.05) is 30.0 Å². The zero-order chi connectivity index (χ0) is 29.2. The average molecular weight is 572 g/mol. The molecule has 2 fully saturated rings. The van der Waals surface area contributed by atoms with Crippen LogP contribution in [-0.2, 0) is 11.3 Å². The third kappa shape index (κ3) is 4.36. The molecule has 0 aliphatic heterocycles. The summed E-state index contributed by atoms with van der Waals surface area (Å²) in [6.45, 7) is 2.02. The van der Waals surface area contributed by atoms with Crippen LogP contribution in [0.15, 0.2) is 77.4 Å². The second-order valence-corrected chi connectivity index (χ2v) is 12.4. The van der Waals surface area contributed by atoms with E-state index >= 15 is 8.78 Å². The number of hydrogen-bond acceptors (Lipinski definition) is 3. The van der Waals surface area contributed by atoms with Crippen molar-refractivity contribution in [2.75, 3.05) is 5.32 Å². The van der Waals surface area contributed by atoms with E-state index in [1.54, 1.807) is 6.08 Å². The summed E-state index contributed by atoms with van der Waals surface area (Å²) in [4.78, 5) is 12.2. The molecule has 4 aliphatic rings. The number of allylic oxidation sites excluding steroid dienone is 4. The van der Waals surface area contributed by atoms with E-state index in [2.05, 4.69) is 5.32 Å². The fourth-order valence-corrected chi connectivity index (χ4v) is 8.34. The number of para-hydroxylation sites is 1. The van der Waals surface area contributed by atoms with Gasteiger partial charge in [-0.25, -0.2) is 0 Å². The summed E-state index contributed by atoms with van der Waals surface area (Å²) in [6, 6.07) is 17.5. The minimum absolute atomic E-state index is 0.0159. The predicted octanol–water partition coefficient (Wildman–Crippen LogP) is 8.13. The quantitative estimate of drug-likeness (QED) is 0.357. The van der Waals surface area contributed by atoms with E-state index in [9.17, 15) is 23.1 Å². The summed E-state index contributed by atoms with van der Waals surface area (Å²) in [5.41, 5.74) is 1.08. The smallest absolute Gasteiger partial charge is 0.383 e. The summed E-state index contributed by atoms with van der Waals surface area (Å²) in [7, 11) is 0. The zero-order valence-corrected chi connectivity index (χ0v) is 22.9. The van der Waals surface area contributed by atoms with Gasteiger partial charge in [0.05, 0.1) is 0 Å². The summed E-state index contributed by atoms with van der Waals surface area (Å²) in [5, 5.41) is 14.8. The second-order valence-electron chi connectivity index (χ2n) is 12.4. The lowest BCUT2D eigenvalue weighted by Crippen LogP contribution is -2.65. The zero-order valence-electron chi connectivity index (χ0n) is 22.9. The molecule has 0 amide bonds. The average Bonchev–Trinajstić information content (AvgIpc) is 3.23. The Kier molecular flexibility index (Phi) is 6.72. The first-order valence-corrected chi connectivity index (χ1v) is 14.4. The van der Waals surface area contributed by atoms with Gasteiger partial charge in [-0.05, 0) is 90.8 Å². The molecule has 0 unspecified atom stereocenters. The van der Waals surface area contributed by atoms with Crippen LogP contribution in [0.25, 0.3) is 0 Å². The Labute approximate surface area is 236 Å². The van der Waals surface area contributed by atoms with Gasteiger partial charge in [0.1, 0.15) is 5.60 Å². The van der Waals surface area contributed by atoms with Gasteiger partial charge in [-0.2, -0.15) is 22.0 Å². The Morgan fingerprint density at radius 2 is 1.66 bits per heavy atom. The van der Waals surface area contributed by atoms with E-state index in [0.29, 0.717) is 32.2 Å². The molecule has 5 atom stereocenters. The summed E-state index contributed by atoms with van der Waals surface area (Å²) in [5.74, 6) is -6.33. The maximum Gasteiger partial charge on any atom is 0.456 e. The molecule has 2 aromatic rings. The normalized spacial score (nSPS) is 31.7. The van der Waals surface area contributed by atoms with Crippen LogP contribution in [0, 0.1) is 17.3 Å². The van der Waals surface area contributed by atoms with E-state index in [1.165, 1.54) is 6.92 Å². The molecule has 0 aromatic heterocycles. The number of hydrogen-bond donors (Lipinski definition) is 2. The van der Waals surface area contributed by atoms with Gasteiger partial charge in [0.15, 0.2) is 5.78 Å². The Morgan fingerprint density at radius 3 is 2.34 bits per heavy atom. The highest BCUT2D eigenvalue weighted by Crippen LogP contribution is 2.70. The number of halogens is 5. The molecule has 2 saturated carbocycles. The van der Waals surface area contributed by atoms with E-state index in [4.69, 9.17) is 0 Å². The summed E-state index contributed by atoms with van der Waals surface area (Å²) < 4.78 is 71.5. The third-order valence-electron chi connectivity index (χ3n) is 10.4. The topological polar surface area (TPSA) is 49.3 Å². The van der Waals surface area contributed by atoms with Crippen molar-refractivity contribution in [1.29, 1.82) is 0 Å². The van der Waals surface area contributed by atoms with Crippen molar-refractivity contribution in [2.24, 2.45) is 17.3 Å². The van der Waals surface area contributed by atoms with Crippen LogP contribution in [0.5, 0.6) is 0 Å².